The predicted octanol–water partition coefficient (Wildman–Crippen LogP) is 1.78. The molecule has 1 fully saturated rings. The summed E-state index contributed by atoms with van der Waals surface area (Å²) in [6.45, 7) is 4.47. The number of carbonyl (C=O) groups is 2. The first kappa shape index (κ1) is 17.5. The van der Waals surface area contributed by atoms with Crippen molar-refractivity contribution in [2.75, 3.05) is 6.54 Å². The van der Waals surface area contributed by atoms with Crippen LogP contribution < -0.4 is 5.32 Å². The number of nitrogens with one attached hydrogen (secondary N) is 1. The Balaban J connectivity index is 1.71. The zero-order valence-corrected chi connectivity index (χ0v) is 15.2. The molecule has 1 aliphatic heterocycles. The lowest BCUT2D eigenvalue weighted by Gasteiger charge is -2.24. The van der Waals surface area contributed by atoms with E-state index in [9.17, 15) is 9.59 Å². The molecule has 1 saturated heterocycles. The highest BCUT2D eigenvalue weighted by Crippen LogP contribution is 2.31. The number of hydrogen-bond acceptors (Lipinski definition) is 6. The Morgan fingerprint density at radius 3 is 2.88 bits per heavy atom. The minimum absolute atomic E-state index is 0.0583. The van der Waals surface area contributed by atoms with E-state index >= 15 is 0 Å². The summed E-state index contributed by atoms with van der Waals surface area (Å²) in [5, 5.41) is 5.63. The van der Waals surface area contributed by atoms with Crippen LogP contribution in [0.2, 0.25) is 0 Å². The Kier molecular flexibility index (Phi) is 5.37. The fraction of sp³-hybridized carbons (Fsp3) is 0.471. The third-order valence-corrected chi connectivity index (χ3v) is 4.96. The van der Waals surface area contributed by atoms with Gasteiger partial charge in [0.15, 0.2) is 0 Å². The predicted molar refractivity (Wildman–Crippen MR) is 93.8 cm³/mol. The molecule has 0 spiro atoms. The summed E-state index contributed by atoms with van der Waals surface area (Å²) < 4.78 is 0. The standard InChI is InChI=1S/C17H21N5O2S/c1-11(23)19-8-14-7-18-9-15(21-14)16-4-3-5-22(16)17(24)6-13-10-25-12(2)20-13/h7,9-10,16H,3-6,8H2,1-2H3,(H,19,23)/t16-/m1/s1. The summed E-state index contributed by atoms with van der Waals surface area (Å²) >= 11 is 1.56. The van der Waals surface area contributed by atoms with Crippen molar-refractivity contribution < 1.29 is 9.59 Å². The van der Waals surface area contributed by atoms with Gasteiger partial charge in [-0.3, -0.25) is 19.6 Å². The van der Waals surface area contributed by atoms with Crippen molar-refractivity contribution in [2.45, 2.75) is 45.7 Å². The van der Waals surface area contributed by atoms with Crippen molar-refractivity contribution in [3.63, 3.8) is 0 Å². The molecule has 3 rings (SSSR count). The molecule has 3 heterocycles. The third kappa shape index (κ3) is 4.39. The number of rotatable bonds is 5. The molecule has 132 valence electrons. The Morgan fingerprint density at radius 2 is 2.16 bits per heavy atom. The summed E-state index contributed by atoms with van der Waals surface area (Å²) in [6, 6.07) is -0.0583. The molecule has 25 heavy (non-hydrogen) atoms. The molecular formula is C17H21N5O2S. The van der Waals surface area contributed by atoms with Crippen molar-refractivity contribution in [3.8, 4) is 0 Å². The first-order valence-corrected chi connectivity index (χ1v) is 9.16. The van der Waals surface area contributed by atoms with E-state index < -0.39 is 0 Å². The van der Waals surface area contributed by atoms with Gasteiger partial charge in [0.05, 0.1) is 53.5 Å². The Bertz CT molecular complexity index is 776. The van der Waals surface area contributed by atoms with E-state index in [0.29, 0.717) is 18.7 Å². The molecule has 0 aromatic carbocycles. The Hall–Kier alpha value is -2.35. The van der Waals surface area contributed by atoms with Crippen LogP contribution in [0.3, 0.4) is 0 Å². The number of likely N-dealkylation sites (tertiary alicyclic amines) is 1. The fourth-order valence-corrected chi connectivity index (χ4v) is 3.62. The van der Waals surface area contributed by atoms with E-state index in [1.165, 1.54) is 6.92 Å². The second-order valence-electron chi connectivity index (χ2n) is 6.12. The molecule has 0 radical (unpaired) electrons. The van der Waals surface area contributed by atoms with Crippen LogP contribution in [0.1, 0.15) is 47.9 Å². The van der Waals surface area contributed by atoms with E-state index in [4.69, 9.17) is 0 Å². The van der Waals surface area contributed by atoms with E-state index in [2.05, 4.69) is 20.3 Å². The van der Waals surface area contributed by atoms with Gasteiger partial charge in [-0.25, -0.2) is 4.98 Å². The quantitative estimate of drug-likeness (QED) is 0.879. The van der Waals surface area contributed by atoms with Crippen molar-refractivity contribution in [1.82, 2.24) is 25.2 Å². The zero-order chi connectivity index (χ0) is 17.8. The van der Waals surface area contributed by atoms with Crippen LogP contribution in [-0.4, -0.2) is 38.2 Å². The maximum atomic E-state index is 12.7. The molecule has 1 atom stereocenters. The number of hydrogen-bond donors (Lipinski definition) is 1. The molecule has 2 amide bonds. The summed E-state index contributed by atoms with van der Waals surface area (Å²) in [4.78, 5) is 38.8. The van der Waals surface area contributed by atoms with Crippen LogP contribution in [0.5, 0.6) is 0 Å². The molecule has 7 nitrogen and oxygen atoms in total. The van der Waals surface area contributed by atoms with Gasteiger partial charge >= 0.3 is 0 Å². The number of aromatic nitrogens is 3. The Labute approximate surface area is 150 Å². The van der Waals surface area contributed by atoms with E-state index in [1.54, 1.807) is 23.7 Å². The van der Waals surface area contributed by atoms with Crippen LogP contribution in [0.15, 0.2) is 17.8 Å². The minimum Gasteiger partial charge on any atom is -0.351 e. The number of amides is 2. The van der Waals surface area contributed by atoms with Gasteiger partial charge in [-0.2, -0.15) is 0 Å². The van der Waals surface area contributed by atoms with Gasteiger partial charge < -0.3 is 10.2 Å². The lowest BCUT2D eigenvalue weighted by atomic mass is 10.1. The monoisotopic (exact) mass is 359 g/mol. The highest BCUT2D eigenvalue weighted by molar-refractivity contribution is 7.09. The van der Waals surface area contributed by atoms with Crippen LogP contribution in [0, 0.1) is 6.92 Å². The highest BCUT2D eigenvalue weighted by Gasteiger charge is 2.31. The maximum Gasteiger partial charge on any atom is 0.229 e. The molecule has 0 bridgehead atoms. The maximum absolute atomic E-state index is 12.7. The van der Waals surface area contributed by atoms with Gasteiger partial charge in [-0.05, 0) is 19.8 Å². The van der Waals surface area contributed by atoms with Crippen LogP contribution >= 0.6 is 11.3 Å². The second-order valence-corrected chi connectivity index (χ2v) is 7.19. The van der Waals surface area contributed by atoms with Crippen LogP contribution in [0.4, 0.5) is 0 Å². The van der Waals surface area contributed by atoms with Crippen molar-refractivity contribution in [1.29, 1.82) is 0 Å². The van der Waals surface area contributed by atoms with Gasteiger partial charge in [-0.15, -0.1) is 11.3 Å². The minimum atomic E-state index is -0.108. The van der Waals surface area contributed by atoms with E-state index in [0.717, 1.165) is 35.8 Å². The van der Waals surface area contributed by atoms with Crippen molar-refractivity contribution >= 4 is 23.2 Å². The number of thiazole rings is 1. The SMILES string of the molecule is CC(=O)NCc1cncc([C@H]2CCCN2C(=O)Cc2csc(C)n2)n1. The van der Waals surface area contributed by atoms with Gasteiger partial charge in [-0.1, -0.05) is 0 Å². The van der Waals surface area contributed by atoms with Crippen molar-refractivity contribution in [3.05, 3.63) is 39.9 Å². The van der Waals surface area contributed by atoms with Gasteiger partial charge in [0.25, 0.3) is 0 Å². The highest BCUT2D eigenvalue weighted by atomic mass is 32.1. The average Bonchev–Trinajstić information content (AvgIpc) is 3.22. The van der Waals surface area contributed by atoms with Crippen molar-refractivity contribution in [2.24, 2.45) is 0 Å². The zero-order valence-electron chi connectivity index (χ0n) is 14.4. The molecule has 2 aromatic heterocycles. The number of carbonyl (C=O) groups excluding carboxylic acids is 2. The molecule has 1 aliphatic rings. The fourth-order valence-electron chi connectivity index (χ4n) is 3.00. The van der Waals surface area contributed by atoms with Gasteiger partial charge in [0.2, 0.25) is 11.8 Å². The first-order chi connectivity index (χ1) is 12.0. The second kappa shape index (κ2) is 7.69. The van der Waals surface area contributed by atoms with Gasteiger partial charge in [0.1, 0.15) is 0 Å². The lowest BCUT2D eigenvalue weighted by molar-refractivity contribution is -0.131. The molecule has 0 unspecified atom stereocenters. The molecule has 8 heteroatoms. The molecule has 0 aliphatic carbocycles. The Morgan fingerprint density at radius 1 is 1.32 bits per heavy atom. The molecule has 2 aromatic rings. The van der Waals surface area contributed by atoms with E-state index in [1.807, 2.05) is 17.2 Å². The van der Waals surface area contributed by atoms with Gasteiger partial charge in [0, 0.05) is 18.8 Å². The number of aryl methyl sites for hydroxylation is 1. The molecule has 0 saturated carbocycles. The normalized spacial score (nSPS) is 16.9. The third-order valence-electron chi connectivity index (χ3n) is 4.13. The molecular weight excluding hydrogens is 338 g/mol. The van der Waals surface area contributed by atoms with E-state index in [-0.39, 0.29) is 17.9 Å². The molecule has 1 N–H and O–H groups in total. The summed E-state index contributed by atoms with van der Waals surface area (Å²) in [5.41, 5.74) is 2.30. The summed E-state index contributed by atoms with van der Waals surface area (Å²) in [6.07, 6.45) is 5.49. The average molecular weight is 359 g/mol. The largest absolute Gasteiger partial charge is 0.351 e. The first-order valence-electron chi connectivity index (χ1n) is 8.28. The van der Waals surface area contributed by atoms with Crippen LogP contribution in [0.25, 0.3) is 0 Å². The number of nitrogens with zero attached hydrogens (tertiary/aromatic N) is 4. The summed E-state index contributed by atoms with van der Waals surface area (Å²) in [5.74, 6) is -0.0368. The van der Waals surface area contributed by atoms with Crippen LogP contribution in [-0.2, 0) is 22.6 Å². The summed E-state index contributed by atoms with van der Waals surface area (Å²) in [7, 11) is 0. The topological polar surface area (TPSA) is 88.1 Å². The smallest absolute Gasteiger partial charge is 0.229 e. The lowest BCUT2D eigenvalue weighted by Crippen LogP contribution is -2.32.